The van der Waals surface area contributed by atoms with Crippen LogP contribution in [0.3, 0.4) is 0 Å². The molecule has 0 radical (unpaired) electrons. The average molecular weight is 230 g/mol. The van der Waals surface area contributed by atoms with E-state index in [0.29, 0.717) is 6.04 Å². The smallest absolute Gasteiger partial charge is 0.0590 e. The summed E-state index contributed by atoms with van der Waals surface area (Å²) in [5.74, 6) is 0. The maximum absolute atomic E-state index is 6.01. The van der Waals surface area contributed by atoms with E-state index in [2.05, 4.69) is 32.6 Å². The van der Waals surface area contributed by atoms with E-state index < -0.39 is 0 Å². The molecule has 3 nitrogen and oxygen atoms in total. The predicted molar refractivity (Wildman–Crippen MR) is 70.7 cm³/mol. The fraction of sp³-hybridized carbons (Fsp3) is 1.00. The first kappa shape index (κ1) is 15.9. The molecule has 0 heterocycles. The van der Waals surface area contributed by atoms with E-state index in [-0.39, 0.29) is 5.54 Å². The zero-order chi connectivity index (χ0) is 12.6. The monoisotopic (exact) mass is 230 g/mol. The summed E-state index contributed by atoms with van der Waals surface area (Å²) in [5.41, 5.74) is 6.16. The third-order valence-corrected chi connectivity index (χ3v) is 3.96. The Balaban J connectivity index is 4.80. The van der Waals surface area contributed by atoms with Crippen LogP contribution in [0.15, 0.2) is 0 Å². The molecule has 16 heavy (non-hydrogen) atoms. The second-order valence-electron chi connectivity index (χ2n) is 4.58. The van der Waals surface area contributed by atoms with Crippen molar-refractivity contribution in [2.75, 3.05) is 26.8 Å². The number of rotatable bonds is 9. The van der Waals surface area contributed by atoms with Gasteiger partial charge in [-0.2, -0.15) is 0 Å². The normalized spacial score (nSPS) is 14.4. The number of ether oxygens (including phenoxy) is 1. The molecule has 0 aromatic carbocycles. The molecule has 0 fully saturated rings. The van der Waals surface area contributed by atoms with Crippen LogP contribution in [-0.4, -0.2) is 43.3 Å². The van der Waals surface area contributed by atoms with Crippen molar-refractivity contribution in [3.05, 3.63) is 0 Å². The SMILES string of the molecule is CCC(C)N(CCOC)C(CC)(CC)CN. The number of nitrogens with zero attached hydrogens (tertiary/aromatic N) is 1. The van der Waals surface area contributed by atoms with Gasteiger partial charge >= 0.3 is 0 Å². The molecule has 0 saturated carbocycles. The van der Waals surface area contributed by atoms with Crippen LogP contribution < -0.4 is 5.73 Å². The van der Waals surface area contributed by atoms with Crippen molar-refractivity contribution < 1.29 is 4.74 Å². The maximum atomic E-state index is 6.01. The Morgan fingerprint density at radius 2 is 1.81 bits per heavy atom. The molecular weight excluding hydrogens is 200 g/mol. The lowest BCUT2D eigenvalue weighted by Crippen LogP contribution is -2.57. The van der Waals surface area contributed by atoms with Gasteiger partial charge < -0.3 is 10.5 Å². The van der Waals surface area contributed by atoms with Crippen molar-refractivity contribution in [3.63, 3.8) is 0 Å². The molecule has 2 N–H and O–H groups in total. The van der Waals surface area contributed by atoms with E-state index in [1.165, 1.54) is 0 Å². The summed E-state index contributed by atoms with van der Waals surface area (Å²) in [5, 5.41) is 0. The molecule has 0 bridgehead atoms. The lowest BCUT2D eigenvalue weighted by atomic mass is 9.88. The van der Waals surface area contributed by atoms with Gasteiger partial charge in [-0.05, 0) is 26.2 Å². The summed E-state index contributed by atoms with van der Waals surface area (Å²) in [4.78, 5) is 2.54. The molecule has 1 atom stereocenters. The molecule has 98 valence electrons. The molecule has 0 aromatic heterocycles. The third kappa shape index (κ3) is 3.72. The first-order valence-corrected chi connectivity index (χ1v) is 6.57. The minimum Gasteiger partial charge on any atom is -0.383 e. The van der Waals surface area contributed by atoms with E-state index in [9.17, 15) is 0 Å². The molecule has 0 spiro atoms. The highest BCUT2D eigenvalue weighted by atomic mass is 16.5. The van der Waals surface area contributed by atoms with E-state index >= 15 is 0 Å². The fourth-order valence-corrected chi connectivity index (χ4v) is 2.40. The van der Waals surface area contributed by atoms with E-state index in [4.69, 9.17) is 10.5 Å². The number of hydrogen-bond donors (Lipinski definition) is 1. The van der Waals surface area contributed by atoms with Crippen LogP contribution >= 0.6 is 0 Å². The molecule has 0 saturated heterocycles. The van der Waals surface area contributed by atoms with Crippen LogP contribution in [0.1, 0.15) is 47.0 Å². The molecule has 1 unspecified atom stereocenters. The second-order valence-corrected chi connectivity index (χ2v) is 4.58. The highest BCUT2D eigenvalue weighted by Gasteiger charge is 2.34. The van der Waals surface area contributed by atoms with Gasteiger partial charge in [0.25, 0.3) is 0 Å². The van der Waals surface area contributed by atoms with E-state index in [1.807, 2.05) is 0 Å². The summed E-state index contributed by atoms with van der Waals surface area (Å²) < 4.78 is 5.21. The van der Waals surface area contributed by atoms with Crippen molar-refractivity contribution in [1.82, 2.24) is 4.90 Å². The van der Waals surface area contributed by atoms with Gasteiger partial charge in [-0.15, -0.1) is 0 Å². The summed E-state index contributed by atoms with van der Waals surface area (Å²) in [6.07, 6.45) is 3.37. The molecule has 0 aliphatic rings. The van der Waals surface area contributed by atoms with Crippen molar-refractivity contribution in [1.29, 1.82) is 0 Å². The first-order valence-electron chi connectivity index (χ1n) is 6.57. The average Bonchev–Trinajstić information content (AvgIpc) is 2.34. The van der Waals surface area contributed by atoms with Crippen molar-refractivity contribution in [2.24, 2.45) is 5.73 Å². The van der Waals surface area contributed by atoms with Gasteiger partial charge in [0.2, 0.25) is 0 Å². The van der Waals surface area contributed by atoms with Crippen LogP contribution in [-0.2, 0) is 4.74 Å². The van der Waals surface area contributed by atoms with Gasteiger partial charge in [0.1, 0.15) is 0 Å². The van der Waals surface area contributed by atoms with Crippen LogP contribution in [0, 0.1) is 0 Å². The lowest BCUT2D eigenvalue weighted by Gasteiger charge is -2.46. The molecule has 0 aliphatic heterocycles. The predicted octanol–water partition coefficient (Wildman–Crippen LogP) is 2.25. The van der Waals surface area contributed by atoms with Gasteiger partial charge in [0.05, 0.1) is 6.61 Å². The number of methoxy groups -OCH3 is 1. The summed E-state index contributed by atoms with van der Waals surface area (Å²) in [6, 6.07) is 0.568. The lowest BCUT2D eigenvalue weighted by molar-refractivity contribution is 0.0216. The van der Waals surface area contributed by atoms with Crippen molar-refractivity contribution in [3.8, 4) is 0 Å². The highest BCUT2D eigenvalue weighted by Crippen LogP contribution is 2.26. The Morgan fingerprint density at radius 1 is 1.25 bits per heavy atom. The quantitative estimate of drug-likeness (QED) is 0.660. The van der Waals surface area contributed by atoms with E-state index in [1.54, 1.807) is 7.11 Å². The molecular formula is C13H30N2O. The largest absolute Gasteiger partial charge is 0.383 e. The Kier molecular flexibility index (Phi) is 7.98. The van der Waals surface area contributed by atoms with Crippen LogP contribution in [0.25, 0.3) is 0 Å². The molecule has 0 rings (SSSR count). The maximum Gasteiger partial charge on any atom is 0.0590 e. The molecule has 3 heteroatoms. The zero-order valence-corrected chi connectivity index (χ0v) is 11.8. The Labute approximate surface area is 101 Å². The summed E-state index contributed by atoms with van der Waals surface area (Å²) in [7, 11) is 1.76. The van der Waals surface area contributed by atoms with Crippen LogP contribution in [0.4, 0.5) is 0 Å². The Bertz CT molecular complexity index is 161. The summed E-state index contributed by atoms with van der Waals surface area (Å²) in [6.45, 7) is 11.5. The first-order chi connectivity index (χ1) is 7.61. The van der Waals surface area contributed by atoms with Gasteiger partial charge in [-0.25, -0.2) is 0 Å². The minimum atomic E-state index is 0.147. The minimum absolute atomic E-state index is 0.147. The number of nitrogens with two attached hydrogens (primary N) is 1. The zero-order valence-electron chi connectivity index (χ0n) is 11.8. The van der Waals surface area contributed by atoms with Gasteiger partial charge in [0, 0.05) is 31.8 Å². The Morgan fingerprint density at radius 3 is 2.12 bits per heavy atom. The van der Waals surface area contributed by atoms with Crippen LogP contribution in [0.5, 0.6) is 0 Å². The summed E-state index contributed by atoms with van der Waals surface area (Å²) >= 11 is 0. The second kappa shape index (κ2) is 8.04. The van der Waals surface area contributed by atoms with E-state index in [0.717, 1.165) is 39.0 Å². The number of hydrogen-bond acceptors (Lipinski definition) is 3. The highest BCUT2D eigenvalue weighted by molar-refractivity contribution is 4.91. The standard InChI is InChI=1S/C13H30N2O/c1-6-12(4)15(9-10-16-5)13(7-2,8-3)11-14/h12H,6-11,14H2,1-5H3. The molecule has 0 aliphatic carbocycles. The van der Waals surface area contributed by atoms with Crippen LogP contribution in [0.2, 0.25) is 0 Å². The fourth-order valence-electron chi connectivity index (χ4n) is 2.40. The van der Waals surface area contributed by atoms with Crippen molar-refractivity contribution in [2.45, 2.75) is 58.5 Å². The van der Waals surface area contributed by atoms with Gasteiger partial charge in [-0.3, -0.25) is 4.90 Å². The Hall–Kier alpha value is -0.120. The molecule has 0 aromatic rings. The van der Waals surface area contributed by atoms with Gasteiger partial charge in [-0.1, -0.05) is 20.8 Å². The van der Waals surface area contributed by atoms with Gasteiger partial charge in [0.15, 0.2) is 0 Å². The topological polar surface area (TPSA) is 38.5 Å². The third-order valence-electron chi connectivity index (χ3n) is 3.96. The molecule has 0 amide bonds. The van der Waals surface area contributed by atoms with Crippen molar-refractivity contribution >= 4 is 0 Å².